The number of aromatic nitrogens is 2. The van der Waals surface area contributed by atoms with Gasteiger partial charge in [-0.15, -0.1) is 0 Å². The van der Waals surface area contributed by atoms with Crippen molar-refractivity contribution < 1.29 is 4.79 Å². The van der Waals surface area contributed by atoms with Crippen LogP contribution < -0.4 is 10.9 Å². The first-order valence-electron chi connectivity index (χ1n) is 10.6. The first-order chi connectivity index (χ1) is 13.6. The Morgan fingerprint density at radius 2 is 1.86 bits per heavy atom. The predicted octanol–water partition coefficient (Wildman–Crippen LogP) is 4.30. The molecular weight excluding hydrogens is 370 g/mol. The molecule has 2 aromatic rings. The van der Waals surface area contributed by atoms with E-state index in [2.05, 4.69) is 12.2 Å². The molecular formula is C22H29N3O2S. The molecule has 1 aromatic carbocycles. The number of benzene rings is 1. The Morgan fingerprint density at radius 3 is 2.64 bits per heavy atom. The van der Waals surface area contributed by atoms with Crippen LogP contribution in [0.4, 0.5) is 0 Å². The van der Waals surface area contributed by atoms with E-state index in [-0.39, 0.29) is 23.6 Å². The van der Waals surface area contributed by atoms with E-state index in [4.69, 9.17) is 4.98 Å². The highest BCUT2D eigenvalue weighted by atomic mass is 32.2. The van der Waals surface area contributed by atoms with Gasteiger partial charge in [-0.1, -0.05) is 56.5 Å². The molecule has 2 unspecified atom stereocenters. The molecule has 5 nitrogen and oxygen atoms in total. The normalized spacial score (nSPS) is 23.2. The van der Waals surface area contributed by atoms with Gasteiger partial charge in [0.25, 0.3) is 5.56 Å². The second-order valence-corrected chi connectivity index (χ2v) is 9.19. The lowest BCUT2D eigenvalue weighted by molar-refractivity contribution is -0.119. The molecule has 4 rings (SSSR count). The first-order valence-corrected chi connectivity index (χ1v) is 11.6. The summed E-state index contributed by atoms with van der Waals surface area (Å²) in [5.74, 6) is 0.892. The first kappa shape index (κ1) is 19.5. The van der Waals surface area contributed by atoms with E-state index < -0.39 is 0 Å². The highest BCUT2D eigenvalue weighted by Crippen LogP contribution is 2.32. The van der Waals surface area contributed by atoms with Gasteiger partial charge in [-0.3, -0.25) is 14.2 Å². The Labute approximate surface area is 170 Å². The van der Waals surface area contributed by atoms with Gasteiger partial charge in [0.05, 0.1) is 16.7 Å². The predicted molar refractivity (Wildman–Crippen MR) is 114 cm³/mol. The number of thioether (sulfide) groups is 1. The van der Waals surface area contributed by atoms with Gasteiger partial charge in [0.15, 0.2) is 5.16 Å². The number of nitrogens with one attached hydrogen (secondary N) is 1. The summed E-state index contributed by atoms with van der Waals surface area (Å²) in [7, 11) is 0. The molecule has 6 heteroatoms. The summed E-state index contributed by atoms with van der Waals surface area (Å²) in [6.07, 6.45) is 9.03. The molecule has 0 radical (unpaired) electrons. The van der Waals surface area contributed by atoms with Gasteiger partial charge in [0.1, 0.15) is 0 Å². The fourth-order valence-corrected chi connectivity index (χ4v) is 5.50. The van der Waals surface area contributed by atoms with Gasteiger partial charge < -0.3 is 5.32 Å². The molecule has 1 amide bonds. The topological polar surface area (TPSA) is 64.0 Å². The smallest absolute Gasteiger partial charge is 0.262 e. The van der Waals surface area contributed by atoms with Crippen LogP contribution >= 0.6 is 11.8 Å². The van der Waals surface area contributed by atoms with Crippen LogP contribution in [0.2, 0.25) is 0 Å². The van der Waals surface area contributed by atoms with Gasteiger partial charge in [0, 0.05) is 12.1 Å². The minimum absolute atomic E-state index is 0.0290. The van der Waals surface area contributed by atoms with Gasteiger partial charge >= 0.3 is 0 Å². The Hall–Kier alpha value is -1.82. The van der Waals surface area contributed by atoms with Crippen LogP contribution in [0.15, 0.2) is 34.2 Å². The van der Waals surface area contributed by atoms with Crippen molar-refractivity contribution >= 4 is 28.6 Å². The van der Waals surface area contributed by atoms with Gasteiger partial charge in [-0.25, -0.2) is 4.98 Å². The fourth-order valence-electron chi connectivity index (χ4n) is 4.62. The van der Waals surface area contributed by atoms with Crippen molar-refractivity contribution in [3.05, 3.63) is 34.6 Å². The van der Waals surface area contributed by atoms with Crippen LogP contribution in [-0.2, 0) is 4.79 Å². The van der Waals surface area contributed by atoms with Gasteiger partial charge in [0.2, 0.25) is 5.91 Å². The van der Waals surface area contributed by atoms with Crippen LogP contribution in [0, 0.1) is 5.92 Å². The molecule has 2 aliphatic rings. The fraction of sp³-hybridized carbons (Fsp3) is 0.591. The maximum absolute atomic E-state index is 13.1. The van der Waals surface area contributed by atoms with E-state index in [0.29, 0.717) is 27.7 Å². The molecule has 2 atom stereocenters. The Kier molecular flexibility index (Phi) is 6.04. The summed E-state index contributed by atoms with van der Waals surface area (Å²) in [5, 5.41) is 4.55. The second-order valence-electron chi connectivity index (χ2n) is 8.25. The average molecular weight is 400 g/mol. The van der Waals surface area contributed by atoms with Crippen LogP contribution in [-0.4, -0.2) is 27.3 Å². The molecule has 150 valence electrons. The molecule has 1 heterocycles. The summed E-state index contributed by atoms with van der Waals surface area (Å²) < 4.78 is 1.86. The number of amides is 1. The van der Waals surface area contributed by atoms with E-state index >= 15 is 0 Å². The summed E-state index contributed by atoms with van der Waals surface area (Å²) in [4.78, 5) is 30.5. The van der Waals surface area contributed by atoms with Crippen molar-refractivity contribution in [2.24, 2.45) is 5.92 Å². The Morgan fingerprint density at radius 1 is 1.14 bits per heavy atom. The number of carbonyl (C=O) groups excluding carboxylic acids is 1. The molecule has 0 aliphatic heterocycles. The summed E-state index contributed by atoms with van der Waals surface area (Å²) in [6, 6.07) is 8.00. The van der Waals surface area contributed by atoms with Gasteiger partial charge in [-0.2, -0.15) is 0 Å². The van der Waals surface area contributed by atoms with Crippen molar-refractivity contribution in [3.8, 4) is 0 Å². The molecule has 2 saturated carbocycles. The SMILES string of the molecule is CC1CCCCC1NC(=O)CSc1nc2ccccc2c(=O)n1C1CCCC1. The number of fused-ring (bicyclic) bond motifs is 1. The Balaban J connectivity index is 1.54. The van der Waals surface area contributed by atoms with Crippen LogP contribution in [0.1, 0.15) is 64.3 Å². The third-order valence-corrected chi connectivity index (χ3v) is 7.21. The number of nitrogens with zero attached hydrogens (tertiary/aromatic N) is 2. The third-order valence-electron chi connectivity index (χ3n) is 6.26. The maximum atomic E-state index is 13.1. The highest BCUT2D eigenvalue weighted by Gasteiger charge is 2.25. The number of carbonyl (C=O) groups is 1. The molecule has 0 saturated heterocycles. The lowest BCUT2D eigenvalue weighted by Crippen LogP contribution is -2.42. The van der Waals surface area contributed by atoms with E-state index in [9.17, 15) is 9.59 Å². The lowest BCUT2D eigenvalue weighted by Gasteiger charge is -2.29. The third kappa shape index (κ3) is 4.12. The monoisotopic (exact) mass is 399 g/mol. The number of hydrogen-bond acceptors (Lipinski definition) is 4. The quantitative estimate of drug-likeness (QED) is 0.601. The van der Waals surface area contributed by atoms with E-state index in [1.54, 1.807) is 0 Å². The highest BCUT2D eigenvalue weighted by molar-refractivity contribution is 7.99. The molecule has 0 bridgehead atoms. The maximum Gasteiger partial charge on any atom is 0.262 e. The molecule has 0 spiro atoms. The van der Waals surface area contributed by atoms with Crippen molar-refractivity contribution in [2.45, 2.75) is 75.5 Å². The molecule has 2 fully saturated rings. The number of para-hydroxylation sites is 1. The van der Waals surface area contributed by atoms with Gasteiger partial charge in [-0.05, 0) is 43.7 Å². The average Bonchev–Trinajstić information content (AvgIpc) is 3.22. The van der Waals surface area contributed by atoms with Crippen LogP contribution in [0.5, 0.6) is 0 Å². The zero-order valence-corrected chi connectivity index (χ0v) is 17.3. The van der Waals surface area contributed by atoms with Crippen molar-refractivity contribution in [1.29, 1.82) is 0 Å². The van der Waals surface area contributed by atoms with Crippen molar-refractivity contribution in [2.75, 3.05) is 5.75 Å². The van der Waals surface area contributed by atoms with Crippen LogP contribution in [0.25, 0.3) is 10.9 Å². The largest absolute Gasteiger partial charge is 0.352 e. The Bertz CT molecular complexity index is 904. The van der Waals surface area contributed by atoms with E-state index in [1.807, 2.05) is 28.8 Å². The standard InChI is InChI=1S/C22H29N3O2S/c1-15-8-2-6-12-18(15)23-20(26)14-28-22-24-19-13-7-5-11-17(19)21(27)25(22)16-9-3-4-10-16/h5,7,11,13,15-16,18H,2-4,6,8-10,12,14H2,1H3,(H,23,26). The summed E-state index contributed by atoms with van der Waals surface area (Å²) in [6.45, 7) is 2.22. The minimum atomic E-state index is 0.0290. The lowest BCUT2D eigenvalue weighted by atomic mass is 9.86. The number of hydrogen-bond donors (Lipinski definition) is 1. The zero-order valence-electron chi connectivity index (χ0n) is 16.5. The zero-order chi connectivity index (χ0) is 19.5. The number of rotatable bonds is 5. The molecule has 2 aliphatic carbocycles. The van der Waals surface area contributed by atoms with Crippen LogP contribution in [0.3, 0.4) is 0 Å². The second kappa shape index (κ2) is 8.68. The van der Waals surface area contributed by atoms with E-state index in [1.165, 1.54) is 31.0 Å². The summed E-state index contributed by atoms with van der Waals surface area (Å²) >= 11 is 1.40. The molecule has 28 heavy (non-hydrogen) atoms. The minimum Gasteiger partial charge on any atom is -0.352 e. The molecule has 1 N–H and O–H groups in total. The molecule has 1 aromatic heterocycles. The van der Waals surface area contributed by atoms with Crippen molar-refractivity contribution in [3.63, 3.8) is 0 Å². The van der Waals surface area contributed by atoms with Crippen molar-refractivity contribution in [1.82, 2.24) is 14.9 Å². The van der Waals surface area contributed by atoms with E-state index in [0.717, 1.165) is 32.1 Å². The summed E-state index contributed by atoms with van der Waals surface area (Å²) in [5.41, 5.74) is 0.742.